The van der Waals surface area contributed by atoms with Gasteiger partial charge in [0.2, 0.25) is 0 Å². The van der Waals surface area contributed by atoms with Crippen LogP contribution in [0.5, 0.6) is 0 Å². The first-order valence-electron chi connectivity index (χ1n) is 4.68. The van der Waals surface area contributed by atoms with Crippen LogP contribution in [0.2, 0.25) is 0 Å². The van der Waals surface area contributed by atoms with E-state index in [1.54, 1.807) is 5.38 Å². The second-order valence-electron chi connectivity index (χ2n) is 3.44. The number of hydrogen-bond acceptors (Lipinski definition) is 3. The van der Waals surface area contributed by atoms with Gasteiger partial charge in [0.25, 0.3) is 0 Å². The molecule has 0 spiro atoms. The van der Waals surface area contributed by atoms with Gasteiger partial charge in [-0.2, -0.15) is 0 Å². The highest BCUT2D eigenvalue weighted by atomic mass is 32.1. The van der Waals surface area contributed by atoms with Crippen molar-refractivity contribution >= 4 is 17.3 Å². The Bertz CT molecular complexity index is 328. The summed E-state index contributed by atoms with van der Waals surface area (Å²) in [6, 6.07) is 1.83. The minimum atomic E-state index is -0.854. The molecule has 1 aliphatic rings. The van der Waals surface area contributed by atoms with Crippen molar-refractivity contribution in [1.29, 1.82) is 0 Å². The maximum Gasteiger partial charge on any atom is 0.346 e. The molecule has 4 heteroatoms. The minimum Gasteiger partial charge on any atom is -0.477 e. The van der Waals surface area contributed by atoms with Crippen molar-refractivity contribution < 1.29 is 14.6 Å². The number of ether oxygens (including phenoxy) is 1. The van der Waals surface area contributed by atoms with Gasteiger partial charge in [-0.05, 0) is 30.7 Å². The molecule has 0 aromatic carbocycles. The first-order valence-corrected chi connectivity index (χ1v) is 5.56. The van der Waals surface area contributed by atoms with Crippen molar-refractivity contribution in [3.8, 4) is 0 Å². The van der Waals surface area contributed by atoms with Crippen molar-refractivity contribution in [3.05, 3.63) is 21.9 Å². The van der Waals surface area contributed by atoms with Crippen LogP contribution in [0, 0.1) is 0 Å². The summed E-state index contributed by atoms with van der Waals surface area (Å²) in [4.78, 5) is 11.2. The van der Waals surface area contributed by atoms with Gasteiger partial charge in [-0.25, -0.2) is 4.79 Å². The fraction of sp³-hybridized carbons (Fsp3) is 0.500. The first kappa shape index (κ1) is 9.68. The van der Waals surface area contributed by atoms with Gasteiger partial charge in [-0.1, -0.05) is 0 Å². The van der Waals surface area contributed by atoms with Gasteiger partial charge >= 0.3 is 5.97 Å². The third kappa shape index (κ3) is 1.96. The highest BCUT2D eigenvalue weighted by Crippen LogP contribution is 2.25. The molecule has 0 unspecified atom stereocenters. The summed E-state index contributed by atoms with van der Waals surface area (Å²) in [5.41, 5.74) is 0.800. The Labute approximate surface area is 86.3 Å². The average Bonchev–Trinajstić information content (AvgIpc) is 2.49. The summed E-state index contributed by atoms with van der Waals surface area (Å²) >= 11 is 1.26. The number of carbonyl (C=O) groups is 1. The third-order valence-electron chi connectivity index (χ3n) is 2.47. The molecule has 0 aliphatic heterocycles. The molecular weight excluding hydrogens is 200 g/mol. The van der Waals surface area contributed by atoms with Gasteiger partial charge in [-0.3, -0.25) is 0 Å². The monoisotopic (exact) mass is 212 g/mol. The number of hydrogen-bond donors (Lipinski definition) is 1. The largest absolute Gasteiger partial charge is 0.477 e. The molecule has 14 heavy (non-hydrogen) atoms. The van der Waals surface area contributed by atoms with Gasteiger partial charge in [0.1, 0.15) is 4.88 Å². The van der Waals surface area contributed by atoms with Crippen molar-refractivity contribution in [1.82, 2.24) is 0 Å². The fourth-order valence-electron chi connectivity index (χ4n) is 1.38. The highest BCUT2D eigenvalue weighted by Gasteiger charge is 2.19. The second-order valence-corrected chi connectivity index (χ2v) is 4.36. The predicted octanol–water partition coefficient (Wildman–Crippen LogP) is 2.52. The number of aromatic carboxylic acids is 1. The fourth-order valence-corrected chi connectivity index (χ4v) is 2.13. The van der Waals surface area contributed by atoms with Gasteiger partial charge in [0, 0.05) is 5.56 Å². The summed E-state index contributed by atoms with van der Waals surface area (Å²) < 4.78 is 5.56. The Hall–Kier alpha value is -0.870. The smallest absolute Gasteiger partial charge is 0.346 e. The van der Waals surface area contributed by atoms with Crippen LogP contribution >= 0.6 is 11.3 Å². The lowest BCUT2D eigenvalue weighted by Gasteiger charge is -2.25. The number of carboxylic acids is 1. The second kappa shape index (κ2) is 4.11. The Morgan fingerprint density at radius 2 is 2.43 bits per heavy atom. The predicted molar refractivity (Wildman–Crippen MR) is 53.7 cm³/mol. The topological polar surface area (TPSA) is 46.5 Å². The molecule has 2 rings (SSSR count). The van der Waals surface area contributed by atoms with Gasteiger partial charge in [0.15, 0.2) is 0 Å². The molecule has 0 saturated heterocycles. The Morgan fingerprint density at radius 1 is 1.64 bits per heavy atom. The van der Waals surface area contributed by atoms with Crippen LogP contribution in [0.15, 0.2) is 11.4 Å². The number of thiophene rings is 1. The van der Waals surface area contributed by atoms with E-state index in [1.165, 1.54) is 17.8 Å². The van der Waals surface area contributed by atoms with Gasteiger partial charge in [-0.15, -0.1) is 11.3 Å². The molecule has 76 valence electrons. The molecule has 0 atom stereocenters. The van der Waals surface area contributed by atoms with Crippen LogP contribution in [-0.4, -0.2) is 17.2 Å². The van der Waals surface area contributed by atoms with Crippen LogP contribution in [0.4, 0.5) is 0 Å². The van der Waals surface area contributed by atoms with Crippen LogP contribution in [0.1, 0.15) is 34.5 Å². The van der Waals surface area contributed by atoms with E-state index in [2.05, 4.69) is 0 Å². The normalized spacial score (nSPS) is 16.6. The SMILES string of the molecule is O=C(O)c1sccc1COC1CCC1. The standard InChI is InChI=1S/C10H12O3S/c11-10(12)9-7(4-5-14-9)6-13-8-2-1-3-8/h4-5,8H,1-3,6H2,(H,11,12). The quantitative estimate of drug-likeness (QED) is 0.834. The first-order chi connectivity index (χ1) is 6.77. The molecule has 1 fully saturated rings. The zero-order valence-corrected chi connectivity index (χ0v) is 8.55. The summed E-state index contributed by atoms with van der Waals surface area (Å²) in [7, 11) is 0. The van der Waals surface area contributed by atoms with Crippen molar-refractivity contribution in [2.24, 2.45) is 0 Å². The Balaban J connectivity index is 1.94. The molecule has 0 radical (unpaired) electrons. The lowest BCUT2D eigenvalue weighted by Crippen LogP contribution is -2.21. The summed E-state index contributed by atoms with van der Waals surface area (Å²) in [6.07, 6.45) is 3.83. The summed E-state index contributed by atoms with van der Waals surface area (Å²) in [5, 5.41) is 10.6. The molecule has 1 aliphatic carbocycles. The molecule has 1 heterocycles. The minimum absolute atomic E-state index is 0.358. The highest BCUT2D eigenvalue weighted by molar-refractivity contribution is 7.12. The van der Waals surface area contributed by atoms with Crippen LogP contribution in [0.3, 0.4) is 0 Å². The zero-order chi connectivity index (χ0) is 9.97. The molecule has 3 nitrogen and oxygen atoms in total. The number of rotatable bonds is 4. The van der Waals surface area contributed by atoms with E-state index in [9.17, 15) is 4.79 Å². The van der Waals surface area contributed by atoms with Gasteiger partial charge < -0.3 is 9.84 Å². The van der Waals surface area contributed by atoms with Crippen molar-refractivity contribution in [3.63, 3.8) is 0 Å². The van der Waals surface area contributed by atoms with E-state index in [0.29, 0.717) is 17.6 Å². The van der Waals surface area contributed by atoms with Crippen LogP contribution < -0.4 is 0 Å². The van der Waals surface area contributed by atoms with E-state index < -0.39 is 5.97 Å². The maximum absolute atomic E-state index is 10.8. The maximum atomic E-state index is 10.8. The summed E-state index contributed by atoms with van der Waals surface area (Å²) in [5.74, 6) is -0.854. The Kier molecular flexibility index (Phi) is 2.84. The molecule has 1 aromatic heterocycles. The molecule has 0 bridgehead atoms. The van der Waals surface area contributed by atoms with Crippen LogP contribution in [0.25, 0.3) is 0 Å². The zero-order valence-electron chi connectivity index (χ0n) is 7.73. The number of carboxylic acid groups (broad SMARTS) is 1. The van der Waals surface area contributed by atoms with E-state index in [4.69, 9.17) is 9.84 Å². The molecule has 1 N–H and O–H groups in total. The molecule has 0 amide bonds. The Morgan fingerprint density at radius 3 is 3.00 bits per heavy atom. The lowest BCUT2D eigenvalue weighted by molar-refractivity contribution is -0.00891. The lowest BCUT2D eigenvalue weighted by atomic mass is 9.96. The molecule has 1 saturated carbocycles. The van der Waals surface area contributed by atoms with E-state index in [0.717, 1.165) is 18.4 Å². The van der Waals surface area contributed by atoms with Crippen LogP contribution in [-0.2, 0) is 11.3 Å². The molecule has 1 aromatic rings. The third-order valence-corrected chi connectivity index (χ3v) is 3.41. The van der Waals surface area contributed by atoms with Crippen molar-refractivity contribution in [2.45, 2.75) is 32.0 Å². The van der Waals surface area contributed by atoms with E-state index >= 15 is 0 Å². The van der Waals surface area contributed by atoms with Gasteiger partial charge in [0.05, 0.1) is 12.7 Å². The van der Waals surface area contributed by atoms with E-state index in [-0.39, 0.29) is 0 Å². The molecular formula is C10H12O3S. The van der Waals surface area contributed by atoms with Crippen molar-refractivity contribution in [2.75, 3.05) is 0 Å². The van der Waals surface area contributed by atoms with E-state index in [1.807, 2.05) is 6.07 Å². The average molecular weight is 212 g/mol. The summed E-state index contributed by atoms with van der Waals surface area (Å²) in [6.45, 7) is 0.440.